The molecule has 0 saturated carbocycles. The molecule has 0 unspecified atom stereocenters. The van der Waals surface area contributed by atoms with Gasteiger partial charge in [0.2, 0.25) is 0 Å². The number of amides is 2. The van der Waals surface area contributed by atoms with Gasteiger partial charge in [0.05, 0.1) is 25.9 Å². The fourth-order valence-corrected chi connectivity index (χ4v) is 6.29. The van der Waals surface area contributed by atoms with Crippen LogP contribution in [-0.2, 0) is 45.6 Å². The van der Waals surface area contributed by atoms with Crippen molar-refractivity contribution in [2.24, 2.45) is 13.0 Å². The predicted octanol–water partition coefficient (Wildman–Crippen LogP) is 4.47. The largest absolute Gasteiger partial charge is 0.467 e. The van der Waals surface area contributed by atoms with E-state index in [1.165, 1.54) is 7.11 Å². The Morgan fingerprint density at radius 2 is 1.67 bits per heavy atom. The first kappa shape index (κ1) is 33.1. The van der Waals surface area contributed by atoms with Crippen molar-refractivity contribution in [2.45, 2.75) is 56.2 Å². The van der Waals surface area contributed by atoms with Crippen molar-refractivity contribution in [1.29, 1.82) is 0 Å². The van der Waals surface area contributed by atoms with Gasteiger partial charge in [0, 0.05) is 37.2 Å². The highest BCUT2D eigenvalue weighted by Crippen LogP contribution is 2.42. The minimum absolute atomic E-state index is 0.0214. The van der Waals surface area contributed by atoms with Crippen LogP contribution in [-0.4, -0.2) is 56.9 Å². The molecule has 12 heteroatoms. The fourth-order valence-electron chi connectivity index (χ4n) is 5.24. The SMILES string of the molecule is COC(=O)[C@H](Cc1ccccc1)NC(=O)NCc1ccc([C@@H]2O[C@H](CSc3nncn3C)[C@H](C)[C@H](c3ccc(CO)cc3)O2)cc1. The summed E-state index contributed by atoms with van der Waals surface area (Å²) in [5.74, 6) is 0.183. The van der Waals surface area contributed by atoms with Gasteiger partial charge < -0.3 is 34.5 Å². The van der Waals surface area contributed by atoms with Crippen LogP contribution < -0.4 is 10.6 Å². The van der Waals surface area contributed by atoms with E-state index in [9.17, 15) is 14.7 Å². The van der Waals surface area contributed by atoms with Gasteiger partial charge in [-0.25, -0.2) is 9.59 Å². The van der Waals surface area contributed by atoms with Crippen LogP contribution in [0.25, 0.3) is 0 Å². The number of ether oxygens (including phenoxy) is 3. The third kappa shape index (κ3) is 8.52. The molecule has 46 heavy (non-hydrogen) atoms. The van der Waals surface area contributed by atoms with E-state index in [0.717, 1.165) is 33.0 Å². The molecule has 3 N–H and O–H groups in total. The average molecular weight is 646 g/mol. The van der Waals surface area contributed by atoms with Gasteiger partial charge in [0.1, 0.15) is 12.4 Å². The van der Waals surface area contributed by atoms with E-state index in [4.69, 9.17) is 14.2 Å². The minimum Gasteiger partial charge on any atom is -0.467 e. The summed E-state index contributed by atoms with van der Waals surface area (Å²) >= 11 is 1.58. The van der Waals surface area contributed by atoms with Gasteiger partial charge in [-0.2, -0.15) is 0 Å². The highest BCUT2D eigenvalue weighted by Gasteiger charge is 2.38. The zero-order valence-corrected chi connectivity index (χ0v) is 26.9. The molecule has 11 nitrogen and oxygen atoms in total. The van der Waals surface area contributed by atoms with Crippen LogP contribution in [0.15, 0.2) is 90.3 Å². The second-order valence-corrected chi connectivity index (χ2v) is 12.2. The highest BCUT2D eigenvalue weighted by molar-refractivity contribution is 7.99. The van der Waals surface area contributed by atoms with Crippen molar-refractivity contribution in [2.75, 3.05) is 12.9 Å². The van der Waals surface area contributed by atoms with Gasteiger partial charge in [-0.15, -0.1) is 10.2 Å². The van der Waals surface area contributed by atoms with Crippen LogP contribution in [0.3, 0.4) is 0 Å². The average Bonchev–Trinajstić information content (AvgIpc) is 3.51. The summed E-state index contributed by atoms with van der Waals surface area (Å²) in [6.45, 7) is 2.35. The van der Waals surface area contributed by atoms with Crippen molar-refractivity contribution < 1.29 is 28.9 Å². The van der Waals surface area contributed by atoms with E-state index in [1.807, 2.05) is 90.5 Å². The zero-order chi connectivity index (χ0) is 32.5. The van der Waals surface area contributed by atoms with E-state index >= 15 is 0 Å². The van der Waals surface area contributed by atoms with E-state index in [1.54, 1.807) is 18.1 Å². The van der Waals surface area contributed by atoms with Crippen LogP contribution in [0.4, 0.5) is 4.79 Å². The van der Waals surface area contributed by atoms with Crippen LogP contribution in [0, 0.1) is 5.92 Å². The summed E-state index contributed by atoms with van der Waals surface area (Å²) in [4.78, 5) is 25.0. The van der Waals surface area contributed by atoms with Crippen molar-refractivity contribution >= 4 is 23.8 Å². The molecule has 0 aliphatic carbocycles. The molecule has 1 saturated heterocycles. The summed E-state index contributed by atoms with van der Waals surface area (Å²) in [5, 5.41) is 24.0. The first-order valence-electron chi connectivity index (χ1n) is 15.1. The molecule has 1 aromatic heterocycles. The van der Waals surface area contributed by atoms with Gasteiger partial charge in [-0.3, -0.25) is 0 Å². The molecule has 1 fully saturated rings. The van der Waals surface area contributed by atoms with Crippen molar-refractivity contribution in [3.05, 3.63) is 113 Å². The number of carbonyl (C=O) groups excluding carboxylic acids is 2. The third-order valence-electron chi connectivity index (χ3n) is 7.95. The van der Waals surface area contributed by atoms with Crippen molar-refractivity contribution in [1.82, 2.24) is 25.4 Å². The maximum atomic E-state index is 12.7. The summed E-state index contributed by atoms with van der Waals surface area (Å²) in [6, 6.07) is 23.7. The first-order chi connectivity index (χ1) is 22.3. The summed E-state index contributed by atoms with van der Waals surface area (Å²) in [6.07, 6.45) is 0.993. The molecule has 1 aliphatic rings. The highest BCUT2D eigenvalue weighted by atomic mass is 32.2. The Hall–Kier alpha value is -4.23. The Morgan fingerprint density at radius 3 is 2.33 bits per heavy atom. The molecule has 3 aromatic carbocycles. The Balaban J connectivity index is 1.23. The molecule has 0 radical (unpaired) electrons. The fraction of sp³-hybridized carbons (Fsp3) is 0.353. The lowest BCUT2D eigenvalue weighted by atomic mass is 9.91. The number of nitrogens with one attached hydrogen (secondary N) is 2. The van der Waals surface area contributed by atoms with E-state index in [-0.39, 0.29) is 31.3 Å². The van der Waals surface area contributed by atoms with Gasteiger partial charge in [0.25, 0.3) is 0 Å². The van der Waals surface area contributed by atoms with Gasteiger partial charge in [0.15, 0.2) is 11.4 Å². The summed E-state index contributed by atoms with van der Waals surface area (Å²) < 4.78 is 19.8. The van der Waals surface area contributed by atoms with Crippen LogP contribution in [0.1, 0.15) is 47.1 Å². The number of benzene rings is 3. The second kappa shape index (κ2) is 15.9. The number of hydrogen-bond acceptors (Lipinski definition) is 9. The van der Waals surface area contributed by atoms with Gasteiger partial charge >= 0.3 is 12.0 Å². The lowest BCUT2D eigenvalue weighted by Crippen LogP contribution is -2.47. The Kier molecular flexibility index (Phi) is 11.4. The molecule has 0 bridgehead atoms. The molecule has 0 spiro atoms. The number of esters is 1. The maximum Gasteiger partial charge on any atom is 0.328 e. The van der Waals surface area contributed by atoms with E-state index < -0.39 is 24.3 Å². The normalized spacial score (nSPS) is 20.1. The molecule has 242 valence electrons. The number of carbonyl (C=O) groups is 2. The number of aryl methyl sites for hydroxylation is 1. The number of hydrogen-bond donors (Lipinski definition) is 3. The van der Waals surface area contributed by atoms with Gasteiger partial charge in [-0.05, 0) is 22.3 Å². The Bertz CT molecular complexity index is 1570. The number of urea groups is 1. The summed E-state index contributed by atoms with van der Waals surface area (Å²) in [7, 11) is 3.21. The number of aliphatic hydroxyl groups excluding tert-OH is 1. The van der Waals surface area contributed by atoms with Crippen molar-refractivity contribution in [3.8, 4) is 0 Å². The van der Waals surface area contributed by atoms with E-state index in [2.05, 4.69) is 27.8 Å². The monoisotopic (exact) mass is 645 g/mol. The van der Waals surface area contributed by atoms with Gasteiger partial charge in [-0.1, -0.05) is 97.5 Å². The molecule has 2 heterocycles. The number of nitrogens with zero attached hydrogens (tertiary/aromatic N) is 3. The number of thioether (sulfide) groups is 1. The lowest BCUT2D eigenvalue weighted by Gasteiger charge is -2.41. The first-order valence-corrected chi connectivity index (χ1v) is 16.1. The lowest BCUT2D eigenvalue weighted by molar-refractivity contribution is -0.268. The van der Waals surface area contributed by atoms with Crippen LogP contribution in [0.2, 0.25) is 0 Å². The molecular formula is C34H39N5O6S. The van der Waals surface area contributed by atoms with Crippen LogP contribution >= 0.6 is 11.8 Å². The molecule has 1 aliphatic heterocycles. The molecule has 5 rings (SSSR count). The Morgan fingerprint density at radius 1 is 0.978 bits per heavy atom. The van der Waals surface area contributed by atoms with Crippen molar-refractivity contribution in [3.63, 3.8) is 0 Å². The second-order valence-electron chi connectivity index (χ2n) is 11.2. The zero-order valence-electron chi connectivity index (χ0n) is 26.0. The molecular weight excluding hydrogens is 606 g/mol. The van der Waals surface area contributed by atoms with Crippen LogP contribution in [0.5, 0.6) is 0 Å². The smallest absolute Gasteiger partial charge is 0.328 e. The van der Waals surface area contributed by atoms with E-state index in [0.29, 0.717) is 12.2 Å². The number of aliphatic hydroxyl groups is 1. The topological polar surface area (TPSA) is 137 Å². The molecule has 2 amide bonds. The standard InChI is InChI=1S/C34H39N5O6S/c1-22-29(20-46-34-38-36-21-39(34)2)44-32(45-30(22)26-13-11-25(19-40)12-14-26)27-15-9-24(10-16-27)18-35-33(42)37-28(31(41)43-3)17-23-7-5-4-6-8-23/h4-16,21-22,28-30,32,40H,17-20H2,1-3H3,(H2,35,37,42)/t22-,28-,29+,30+,32+/m0/s1. The quantitative estimate of drug-likeness (QED) is 0.151. The minimum atomic E-state index is -0.815. The predicted molar refractivity (Wildman–Crippen MR) is 172 cm³/mol. The Labute approximate surface area is 272 Å². The number of methoxy groups -OCH3 is 1. The third-order valence-corrected chi connectivity index (χ3v) is 9.07. The molecule has 4 aromatic rings. The number of aromatic nitrogens is 3. The molecule has 5 atom stereocenters. The maximum absolute atomic E-state index is 12.7. The summed E-state index contributed by atoms with van der Waals surface area (Å²) in [5.41, 5.74) is 4.47. The number of rotatable bonds is 12.